The van der Waals surface area contributed by atoms with Gasteiger partial charge in [0.05, 0.1) is 0 Å². The van der Waals surface area contributed by atoms with Gasteiger partial charge in [0.1, 0.15) is 5.65 Å². The maximum atomic E-state index is 12.2. The van der Waals surface area contributed by atoms with Crippen molar-refractivity contribution in [3.8, 4) is 0 Å². The van der Waals surface area contributed by atoms with Gasteiger partial charge in [-0.3, -0.25) is 9.59 Å². The smallest absolute Gasteiger partial charge is 0.359 e. The Bertz CT molecular complexity index is 1040. The van der Waals surface area contributed by atoms with Crippen LogP contribution in [0, 0.1) is 12.8 Å². The Morgan fingerprint density at radius 2 is 1.86 bits per heavy atom. The minimum atomic E-state index is -0.657. The van der Waals surface area contributed by atoms with Gasteiger partial charge >= 0.3 is 5.97 Å². The van der Waals surface area contributed by atoms with Gasteiger partial charge in [0.25, 0.3) is 0 Å². The summed E-state index contributed by atoms with van der Waals surface area (Å²) in [5.74, 6) is -1.23. The molecule has 2 heterocycles. The van der Waals surface area contributed by atoms with Crippen molar-refractivity contribution >= 4 is 29.0 Å². The molecule has 2 aromatic heterocycles. The maximum Gasteiger partial charge on any atom is 0.359 e. The van der Waals surface area contributed by atoms with Crippen LogP contribution in [0.5, 0.6) is 0 Å². The molecule has 144 valence electrons. The number of nitrogens with one attached hydrogen (secondary N) is 1. The molecule has 0 aliphatic heterocycles. The number of esters is 1. The third-order valence-electron chi connectivity index (χ3n) is 4.16. The minimum Gasteiger partial charge on any atom is -0.453 e. The van der Waals surface area contributed by atoms with Gasteiger partial charge in [-0.2, -0.15) is 0 Å². The van der Waals surface area contributed by atoms with Crippen LogP contribution in [-0.4, -0.2) is 33.7 Å². The first-order chi connectivity index (χ1) is 13.3. The number of ether oxygens (including phenoxy) is 1. The van der Waals surface area contributed by atoms with E-state index in [2.05, 4.69) is 10.3 Å². The molecule has 0 saturated carbocycles. The van der Waals surface area contributed by atoms with Crippen molar-refractivity contribution in [2.45, 2.75) is 20.8 Å². The Hall–Kier alpha value is -3.48. The van der Waals surface area contributed by atoms with Crippen molar-refractivity contribution < 1.29 is 19.1 Å². The first-order valence-corrected chi connectivity index (χ1v) is 8.90. The number of amides is 1. The summed E-state index contributed by atoms with van der Waals surface area (Å²) in [5, 5.41) is 2.75. The predicted octanol–water partition coefficient (Wildman–Crippen LogP) is 3.28. The minimum absolute atomic E-state index is 0.101. The SMILES string of the molecule is Cc1ccn2cc(C(=O)OCC(=O)c3ccc(NC(=O)C(C)C)cc3)nc2c1. The highest BCUT2D eigenvalue weighted by Crippen LogP contribution is 2.13. The van der Waals surface area contributed by atoms with Gasteiger partial charge in [-0.1, -0.05) is 13.8 Å². The van der Waals surface area contributed by atoms with Gasteiger partial charge in [0.15, 0.2) is 18.1 Å². The lowest BCUT2D eigenvalue weighted by molar-refractivity contribution is -0.118. The number of fused-ring (bicyclic) bond motifs is 1. The second-order valence-electron chi connectivity index (χ2n) is 6.82. The fourth-order valence-electron chi connectivity index (χ4n) is 2.50. The summed E-state index contributed by atoms with van der Waals surface area (Å²) in [6.45, 7) is 5.14. The van der Waals surface area contributed by atoms with Crippen molar-refractivity contribution in [1.29, 1.82) is 0 Å². The molecule has 1 aromatic carbocycles. The third kappa shape index (κ3) is 4.43. The number of carbonyl (C=O) groups excluding carboxylic acids is 3. The molecular weight excluding hydrogens is 358 g/mol. The molecule has 3 aromatic rings. The number of rotatable bonds is 6. The Kier molecular flexibility index (Phi) is 5.54. The van der Waals surface area contributed by atoms with Crippen molar-refractivity contribution in [2.75, 3.05) is 11.9 Å². The zero-order chi connectivity index (χ0) is 20.3. The fourth-order valence-corrected chi connectivity index (χ4v) is 2.50. The molecule has 0 spiro atoms. The number of hydrogen-bond donors (Lipinski definition) is 1. The quantitative estimate of drug-likeness (QED) is 0.524. The number of benzene rings is 1. The molecule has 0 saturated heterocycles. The molecule has 0 atom stereocenters. The number of ketones is 1. The van der Waals surface area contributed by atoms with Crippen LogP contribution in [-0.2, 0) is 9.53 Å². The van der Waals surface area contributed by atoms with Crippen molar-refractivity contribution in [3.63, 3.8) is 0 Å². The lowest BCUT2D eigenvalue weighted by Gasteiger charge is -2.08. The second-order valence-corrected chi connectivity index (χ2v) is 6.82. The molecule has 0 aliphatic carbocycles. The van der Waals surface area contributed by atoms with Crippen LogP contribution in [0.1, 0.15) is 40.3 Å². The maximum absolute atomic E-state index is 12.2. The molecule has 1 amide bonds. The summed E-state index contributed by atoms with van der Waals surface area (Å²) in [7, 11) is 0. The van der Waals surface area contributed by atoms with Crippen LogP contribution in [0.15, 0.2) is 48.8 Å². The Morgan fingerprint density at radius 1 is 1.14 bits per heavy atom. The van der Waals surface area contributed by atoms with Crippen LogP contribution in [0.3, 0.4) is 0 Å². The van der Waals surface area contributed by atoms with Gasteiger partial charge < -0.3 is 14.5 Å². The van der Waals surface area contributed by atoms with Crippen LogP contribution in [0.2, 0.25) is 0 Å². The molecule has 28 heavy (non-hydrogen) atoms. The monoisotopic (exact) mass is 379 g/mol. The number of aromatic nitrogens is 2. The molecule has 0 bridgehead atoms. The first kappa shape index (κ1) is 19.3. The summed E-state index contributed by atoms with van der Waals surface area (Å²) < 4.78 is 6.81. The van der Waals surface area contributed by atoms with E-state index < -0.39 is 5.97 Å². The summed E-state index contributed by atoms with van der Waals surface area (Å²) in [5.41, 5.74) is 2.80. The van der Waals surface area contributed by atoms with E-state index in [4.69, 9.17) is 4.74 Å². The number of aryl methyl sites for hydroxylation is 1. The van der Waals surface area contributed by atoms with Crippen molar-refractivity contribution in [2.24, 2.45) is 5.92 Å². The lowest BCUT2D eigenvalue weighted by atomic mass is 10.1. The van der Waals surface area contributed by atoms with Gasteiger partial charge in [-0.25, -0.2) is 9.78 Å². The zero-order valence-electron chi connectivity index (χ0n) is 15.9. The van der Waals surface area contributed by atoms with E-state index in [0.29, 0.717) is 16.9 Å². The number of carbonyl (C=O) groups is 3. The average Bonchev–Trinajstić information content (AvgIpc) is 3.09. The molecule has 0 unspecified atom stereocenters. The Morgan fingerprint density at radius 3 is 2.54 bits per heavy atom. The van der Waals surface area contributed by atoms with Crippen LogP contribution < -0.4 is 5.32 Å². The molecule has 7 nitrogen and oxygen atoms in total. The highest BCUT2D eigenvalue weighted by atomic mass is 16.5. The van der Waals surface area contributed by atoms with Crippen LogP contribution >= 0.6 is 0 Å². The fraction of sp³-hybridized carbons (Fsp3) is 0.238. The van der Waals surface area contributed by atoms with E-state index in [1.165, 1.54) is 0 Å². The molecule has 0 radical (unpaired) electrons. The van der Waals surface area contributed by atoms with E-state index in [0.717, 1.165) is 5.56 Å². The largest absolute Gasteiger partial charge is 0.453 e. The van der Waals surface area contributed by atoms with Crippen molar-refractivity contribution in [1.82, 2.24) is 9.38 Å². The number of anilines is 1. The predicted molar refractivity (Wildman–Crippen MR) is 104 cm³/mol. The van der Waals surface area contributed by atoms with E-state index in [9.17, 15) is 14.4 Å². The first-order valence-electron chi connectivity index (χ1n) is 8.90. The summed E-state index contributed by atoms with van der Waals surface area (Å²) >= 11 is 0. The van der Waals surface area contributed by atoms with Crippen molar-refractivity contribution in [3.05, 3.63) is 65.6 Å². The number of imidazole rings is 1. The lowest BCUT2D eigenvalue weighted by Crippen LogP contribution is -2.18. The molecule has 1 N–H and O–H groups in total. The Labute approximate surface area is 162 Å². The van der Waals surface area contributed by atoms with Gasteiger partial charge in [0, 0.05) is 29.6 Å². The number of hydrogen-bond acceptors (Lipinski definition) is 5. The van der Waals surface area contributed by atoms with E-state index >= 15 is 0 Å². The van der Waals surface area contributed by atoms with Gasteiger partial charge in [-0.05, 0) is 48.9 Å². The summed E-state index contributed by atoms with van der Waals surface area (Å²) in [6, 6.07) is 10.2. The summed E-state index contributed by atoms with van der Waals surface area (Å²) in [4.78, 5) is 40.3. The van der Waals surface area contributed by atoms with Crippen LogP contribution in [0.25, 0.3) is 5.65 Å². The van der Waals surface area contributed by atoms with E-state index in [1.807, 2.05) is 19.1 Å². The highest BCUT2D eigenvalue weighted by molar-refractivity contribution is 6.00. The molecular formula is C21H21N3O4. The molecule has 0 aliphatic rings. The normalized spacial score (nSPS) is 10.9. The standard InChI is InChI=1S/C21H21N3O4/c1-13(2)20(26)22-16-6-4-15(5-7-16)18(25)12-28-21(27)17-11-24-9-8-14(3)10-19(24)23-17/h4-11,13H,12H2,1-3H3,(H,22,26). The van der Waals surface area contributed by atoms with E-state index in [-0.39, 0.29) is 29.9 Å². The summed E-state index contributed by atoms with van der Waals surface area (Å²) in [6.07, 6.45) is 3.37. The molecule has 7 heteroatoms. The van der Waals surface area contributed by atoms with Gasteiger partial charge in [-0.15, -0.1) is 0 Å². The zero-order valence-corrected chi connectivity index (χ0v) is 15.9. The molecule has 0 fully saturated rings. The van der Waals surface area contributed by atoms with Crippen LogP contribution in [0.4, 0.5) is 5.69 Å². The number of Topliss-reactive ketones (excluding diaryl/α,β-unsaturated/α-hetero) is 1. The van der Waals surface area contributed by atoms with E-state index in [1.54, 1.807) is 54.9 Å². The Balaban J connectivity index is 1.59. The number of nitrogens with zero attached hydrogens (tertiary/aromatic N) is 2. The number of pyridine rings is 1. The topological polar surface area (TPSA) is 89.8 Å². The third-order valence-corrected chi connectivity index (χ3v) is 4.16. The van der Waals surface area contributed by atoms with Gasteiger partial charge in [0.2, 0.25) is 5.91 Å². The average molecular weight is 379 g/mol. The highest BCUT2D eigenvalue weighted by Gasteiger charge is 2.15. The second kappa shape index (κ2) is 8.04. The molecule has 3 rings (SSSR count).